The first-order valence-corrected chi connectivity index (χ1v) is 13.3. The molecule has 37 heavy (non-hydrogen) atoms. The third-order valence-electron chi connectivity index (χ3n) is 6.37. The zero-order valence-electron chi connectivity index (χ0n) is 21.7. The number of amides is 1. The molecule has 2 heterocycles. The van der Waals surface area contributed by atoms with Crippen LogP contribution in [0.3, 0.4) is 0 Å². The Kier molecular flexibility index (Phi) is 9.80. The molecule has 0 radical (unpaired) electrons. The van der Waals surface area contributed by atoms with Crippen molar-refractivity contribution >= 4 is 25.3 Å². The zero-order chi connectivity index (χ0) is 28.3. The smallest absolute Gasteiger partial charge is 0.359 e. The minimum Gasteiger partial charge on any atom is -0.461 e. The first-order valence-electron chi connectivity index (χ1n) is 11.8. The minimum atomic E-state index is -4.53. The summed E-state index contributed by atoms with van der Waals surface area (Å²) in [6, 6.07) is 0. The molecule has 1 aliphatic rings. The van der Waals surface area contributed by atoms with Crippen LogP contribution in [0.2, 0.25) is 0 Å². The summed E-state index contributed by atoms with van der Waals surface area (Å²) >= 11 is 0. The summed E-state index contributed by atoms with van der Waals surface area (Å²) < 4.78 is 29.9. The molecule has 15 heteroatoms. The van der Waals surface area contributed by atoms with Crippen LogP contribution < -0.4 is 11.0 Å². The van der Waals surface area contributed by atoms with Crippen LogP contribution in [0, 0.1) is 0 Å². The fourth-order valence-corrected chi connectivity index (χ4v) is 5.05. The predicted octanol–water partition coefficient (Wildman–Crippen LogP) is 0.763. The fraction of sp³-hybridized carbons (Fsp3) is 0.727. The number of nitrogens with zero attached hydrogens (tertiary/aromatic N) is 2. The summed E-state index contributed by atoms with van der Waals surface area (Å²) in [7, 11) is -4.53. The number of hydrogen-bond acceptors (Lipinski definition) is 11. The van der Waals surface area contributed by atoms with Gasteiger partial charge in [0, 0.05) is 32.0 Å². The molecule has 1 aromatic heterocycles. The maximum atomic E-state index is 12.8. The van der Waals surface area contributed by atoms with Crippen LogP contribution in [0.15, 0.2) is 11.0 Å². The van der Waals surface area contributed by atoms with E-state index >= 15 is 0 Å². The Balaban J connectivity index is 2.36. The van der Waals surface area contributed by atoms with Crippen molar-refractivity contribution in [3.8, 4) is 0 Å². The van der Waals surface area contributed by atoms with Crippen molar-refractivity contribution in [1.82, 2.24) is 9.55 Å². The maximum absolute atomic E-state index is 12.8. The van der Waals surface area contributed by atoms with E-state index < -0.39 is 60.6 Å². The van der Waals surface area contributed by atoms with Gasteiger partial charge >= 0.3 is 19.3 Å². The van der Waals surface area contributed by atoms with Gasteiger partial charge in [-0.15, -0.1) is 0 Å². The topological polar surface area (TPSA) is 207 Å². The number of aliphatic hydroxyl groups excluding tert-OH is 2. The second-order valence-corrected chi connectivity index (χ2v) is 11.7. The van der Waals surface area contributed by atoms with Gasteiger partial charge in [0.1, 0.15) is 24.6 Å². The van der Waals surface area contributed by atoms with Gasteiger partial charge in [-0.2, -0.15) is 4.98 Å². The monoisotopic (exact) mass is 549 g/mol. The Morgan fingerprint density at radius 1 is 1.22 bits per heavy atom. The molecule has 7 atom stereocenters. The SMILES string of the molecule is CCC(C)(O)P(=O)(O)O[C@](C)(CC)C[C@H]1O[C@@H](n2cc(COC(C)=O)c(NC(C)=O)nc2=O)[C@H](O)[C@@H]1O. The van der Waals surface area contributed by atoms with E-state index in [0.29, 0.717) is 0 Å². The Bertz CT molecular complexity index is 1110. The number of carbonyl (C=O) groups is 2. The fourth-order valence-electron chi connectivity index (χ4n) is 3.65. The Morgan fingerprint density at radius 3 is 2.35 bits per heavy atom. The first kappa shape index (κ1) is 31.0. The van der Waals surface area contributed by atoms with Gasteiger partial charge in [0.15, 0.2) is 11.6 Å². The van der Waals surface area contributed by atoms with Crippen molar-refractivity contribution in [2.75, 3.05) is 5.32 Å². The van der Waals surface area contributed by atoms with Crippen molar-refractivity contribution in [3.05, 3.63) is 22.2 Å². The highest BCUT2D eigenvalue weighted by Crippen LogP contribution is 2.59. The van der Waals surface area contributed by atoms with E-state index in [9.17, 15) is 39.2 Å². The van der Waals surface area contributed by atoms with E-state index in [1.807, 2.05) is 0 Å². The minimum absolute atomic E-state index is 0.0516. The number of carbonyl (C=O) groups excluding carboxylic acids is 2. The lowest BCUT2D eigenvalue weighted by atomic mass is 9.93. The van der Waals surface area contributed by atoms with Gasteiger partial charge in [-0.3, -0.25) is 18.7 Å². The summed E-state index contributed by atoms with van der Waals surface area (Å²) in [6.07, 6.45) is -4.56. The Hall–Kier alpha value is -2.19. The lowest BCUT2D eigenvalue weighted by Gasteiger charge is -2.37. The first-order chi connectivity index (χ1) is 17.0. The average Bonchev–Trinajstić information content (AvgIpc) is 3.05. The predicted molar refractivity (Wildman–Crippen MR) is 129 cm³/mol. The lowest BCUT2D eigenvalue weighted by molar-refractivity contribution is -0.142. The van der Waals surface area contributed by atoms with Gasteiger partial charge in [0.2, 0.25) is 5.91 Å². The lowest BCUT2D eigenvalue weighted by Crippen LogP contribution is -2.40. The van der Waals surface area contributed by atoms with Gasteiger partial charge in [-0.1, -0.05) is 13.8 Å². The molecule has 1 aliphatic heterocycles. The van der Waals surface area contributed by atoms with Crippen molar-refractivity contribution in [2.45, 2.75) is 103 Å². The van der Waals surface area contributed by atoms with Gasteiger partial charge in [-0.05, 0) is 26.7 Å². The molecule has 14 nitrogen and oxygen atoms in total. The van der Waals surface area contributed by atoms with E-state index in [-0.39, 0.29) is 37.3 Å². The van der Waals surface area contributed by atoms with Crippen LogP contribution in [0.25, 0.3) is 0 Å². The van der Waals surface area contributed by atoms with Crippen molar-refractivity contribution < 1.29 is 48.4 Å². The molecular weight excluding hydrogens is 513 g/mol. The number of aromatic nitrogens is 2. The van der Waals surface area contributed by atoms with Gasteiger partial charge in [0.25, 0.3) is 0 Å². The summed E-state index contributed by atoms with van der Waals surface area (Å²) in [5.41, 5.74) is -2.16. The highest BCUT2D eigenvalue weighted by Gasteiger charge is 2.50. The van der Waals surface area contributed by atoms with Crippen LogP contribution in [0.4, 0.5) is 5.82 Å². The Morgan fingerprint density at radius 2 is 1.84 bits per heavy atom. The highest BCUT2D eigenvalue weighted by atomic mass is 31.2. The van der Waals surface area contributed by atoms with Crippen LogP contribution >= 0.6 is 7.60 Å². The van der Waals surface area contributed by atoms with E-state index in [4.69, 9.17) is 14.0 Å². The Labute approximate surface area is 214 Å². The normalized spacial score (nSPS) is 26.5. The number of rotatable bonds is 11. The number of esters is 1. The molecular formula is C22H36N3O11P. The maximum Gasteiger partial charge on any atom is 0.359 e. The third-order valence-corrected chi connectivity index (χ3v) is 8.59. The second-order valence-electron chi connectivity index (χ2n) is 9.50. The van der Waals surface area contributed by atoms with Crippen molar-refractivity contribution in [2.24, 2.45) is 0 Å². The second kappa shape index (κ2) is 11.7. The van der Waals surface area contributed by atoms with Crippen molar-refractivity contribution in [1.29, 1.82) is 0 Å². The molecule has 1 fully saturated rings. The van der Waals surface area contributed by atoms with Crippen LogP contribution in [0.1, 0.15) is 72.6 Å². The summed E-state index contributed by atoms with van der Waals surface area (Å²) in [4.78, 5) is 49.7. The quantitative estimate of drug-likeness (QED) is 0.192. The third kappa shape index (κ3) is 7.23. The van der Waals surface area contributed by atoms with E-state index in [0.717, 1.165) is 4.57 Å². The molecule has 0 saturated carbocycles. The van der Waals surface area contributed by atoms with Crippen LogP contribution in [-0.4, -0.2) is 70.9 Å². The average molecular weight is 550 g/mol. The molecule has 5 N–H and O–H groups in total. The number of ether oxygens (including phenoxy) is 2. The van der Waals surface area contributed by atoms with Crippen LogP contribution in [-0.2, 0) is 34.8 Å². The largest absolute Gasteiger partial charge is 0.461 e. The summed E-state index contributed by atoms with van der Waals surface area (Å²) in [6.45, 7) is 7.91. The standard InChI is InChI=1S/C22H36N3O11P/c1-7-21(5,36-37(32,33)22(6,31)8-2)9-15-16(28)17(29)19(35-15)25-10-14(11-34-13(4)27)18(23-12(3)26)24-20(25)30/h10,15-17,19,28-29,31H,7-9,11H2,1-6H3,(H,32,33)(H,23,24,26,30)/t15-,16-,17-,19-,21-,22?/m1/s1. The van der Waals surface area contributed by atoms with E-state index in [2.05, 4.69) is 10.3 Å². The molecule has 2 rings (SSSR count). The number of nitrogens with one attached hydrogen (secondary N) is 1. The molecule has 1 aromatic rings. The molecule has 0 spiro atoms. The molecule has 1 saturated heterocycles. The molecule has 1 amide bonds. The number of aliphatic hydroxyl groups is 3. The highest BCUT2D eigenvalue weighted by molar-refractivity contribution is 7.54. The van der Waals surface area contributed by atoms with Gasteiger partial charge in [0.05, 0.1) is 11.7 Å². The molecule has 0 aliphatic carbocycles. The van der Waals surface area contributed by atoms with Gasteiger partial charge < -0.3 is 39.5 Å². The summed E-state index contributed by atoms with van der Waals surface area (Å²) in [5.74, 6) is -1.29. The van der Waals surface area contributed by atoms with Crippen LogP contribution in [0.5, 0.6) is 0 Å². The summed E-state index contributed by atoms with van der Waals surface area (Å²) in [5, 5.41) is 32.1. The van der Waals surface area contributed by atoms with Gasteiger partial charge in [-0.25, -0.2) is 4.79 Å². The van der Waals surface area contributed by atoms with E-state index in [1.54, 1.807) is 6.92 Å². The van der Waals surface area contributed by atoms with E-state index in [1.165, 1.54) is 40.8 Å². The van der Waals surface area contributed by atoms with Crippen molar-refractivity contribution in [3.63, 3.8) is 0 Å². The molecule has 2 unspecified atom stereocenters. The zero-order valence-corrected chi connectivity index (χ0v) is 22.6. The molecule has 0 bridgehead atoms. The molecule has 210 valence electrons. The number of hydrogen-bond donors (Lipinski definition) is 5. The molecule has 0 aromatic carbocycles. The number of anilines is 1.